The predicted molar refractivity (Wildman–Crippen MR) is 96.3 cm³/mol. The summed E-state index contributed by atoms with van der Waals surface area (Å²) in [6.45, 7) is 0. The molecule has 26 heavy (non-hydrogen) atoms. The van der Waals surface area contributed by atoms with Crippen molar-refractivity contribution in [3.8, 4) is 5.88 Å². The largest absolute Gasteiger partial charge is 0.481 e. The fourth-order valence-electron chi connectivity index (χ4n) is 2.27. The fourth-order valence-corrected chi connectivity index (χ4v) is 2.27. The maximum absolute atomic E-state index is 12.5. The first kappa shape index (κ1) is 17.4. The van der Waals surface area contributed by atoms with Crippen LogP contribution in [0.2, 0.25) is 0 Å². The first-order valence-corrected chi connectivity index (χ1v) is 8.11. The molecule has 2 amide bonds. The third-order valence-electron chi connectivity index (χ3n) is 3.85. The van der Waals surface area contributed by atoms with Crippen LogP contribution in [0.15, 0.2) is 42.9 Å². The van der Waals surface area contributed by atoms with E-state index in [1.54, 1.807) is 24.3 Å². The molecule has 134 valence electrons. The van der Waals surface area contributed by atoms with Crippen LogP contribution < -0.4 is 21.1 Å². The molecule has 0 saturated heterocycles. The molecule has 0 radical (unpaired) electrons. The average molecular weight is 353 g/mol. The van der Waals surface area contributed by atoms with E-state index in [4.69, 9.17) is 10.5 Å². The third kappa shape index (κ3) is 4.15. The van der Waals surface area contributed by atoms with Gasteiger partial charge in [0.05, 0.1) is 18.2 Å². The third-order valence-corrected chi connectivity index (χ3v) is 3.85. The molecular formula is C18H19N5O3. The van der Waals surface area contributed by atoms with Gasteiger partial charge in [-0.2, -0.15) is 0 Å². The molecule has 3 rings (SSSR count). The second-order valence-electron chi connectivity index (χ2n) is 5.80. The molecule has 0 spiro atoms. The Kier molecular flexibility index (Phi) is 5.12. The zero-order valence-electron chi connectivity index (χ0n) is 14.2. The van der Waals surface area contributed by atoms with Gasteiger partial charge in [0.1, 0.15) is 5.82 Å². The highest BCUT2D eigenvalue weighted by Crippen LogP contribution is 2.20. The number of amides is 2. The Balaban J connectivity index is 1.68. The molecule has 0 unspecified atom stereocenters. The van der Waals surface area contributed by atoms with Crippen LogP contribution in [0.5, 0.6) is 5.88 Å². The molecule has 8 nitrogen and oxygen atoms in total. The molecule has 2 aromatic rings. The topological polar surface area (TPSA) is 119 Å². The van der Waals surface area contributed by atoms with E-state index in [2.05, 4.69) is 20.6 Å². The summed E-state index contributed by atoms with van der Waals surface area (Å²) in [4.78, 5) is 32.5. The highest BCUT2D eigenvalue weighted by Gasteiger charge is 2.24. The van der Waals surface area contributed by atoms with Crippen molar-refractivity contribution in [2.45, 2.75) is 18.9 Å². The minimum Gasteiger partial charge on any atom is -0.481 e. The lowest BCUT2D eigenvalue weighted by Gasteiger charge is -2.09. The maximum Gasteiger partial charge on any atom is 0.258 e. The van der Waals surface area contributed by atoms with E-state index in [1.165, 1.54) is 25.7 Å². The number of rotatable bonds is 6. The molecule has 0 atom stereocenters. The second-order valence-corrected chi connectivity index (χ2v) is 5.80. The van der Waals surface area contributed by atoms with E-state index >= 15 is 0 Å². The smallest absolute Gasteiger partial charge is 0.258 e. The molecule has 2 heterocycles. The summed E-state index contributed by atoms with van der Waals surface area (Å²) in [6, 6.07) is 6.72. The van der Waals surface area contributed by atoms with Crippen LogP contribution in [-0.4, -0.2) is 34.9 Å². The number of hydrogen-bond acceptors (Lipinski definition) is 6. The molecule has 2 aromatic heterocycles. The molecule has 0 aromatic carbocycles. The Hall–Kier alpha value is -3.42. The van der Waals surface area contributed by atoms with Gasteiger partial charge in [-0.15, -0.1) is 0 Å². The number of carbonyl (C=O) groups is 2. The van der Waals surface area contributed by atoms with E-state index in [-0.39, 0.29) is 17.5 Å². The summed E-state index contributed by atoms with van der Waals surface area (Å²) in [7, 11) is 1.49. The van der Waals surface area contributed by atoms with Crippen molar-refractivity contribution in [2.75, 3.05) is 12.4 Å². The monoisotopic (exact) mass is 353 g/mol. The Morgan fingerprint density at radius 1 is 1.23 bits per heavy atom. The summed E-state index contributed by atoms with van der Waals surface area (Å²) in [5.41, 5.74) is 6.88. The lowest BCUT2D eigenvalue weighted by atomic mass is 10.1. The van der Waals surface area contributed by atoms with Gasteiger partial charge >= 0.3 is 0 Å². The highest BCUT2D eigenvalue weighted by molar-refractivity contribution is 6.25. The van der Waals surface area contributed by atoms with Gasteiger partial charge in [0.2, 0.25) is 5.88 Å². The number of nitrogens with zero attached hydrogens (tertiary/aromatic N) is 2. The van der Waals surface area contributed by atoms with Gasteiger partial charge in [-0.3, -0.25) is 9.59 Å². The van der Waals surface area contributed by atoms with Gasteiger partial charge in [0.25, 0.3) is 11.8 Å². The summed E-state index contributed by atoms with van der Waals surface area (Å²) in [5.74, 6) is 0.102. The van der Waals surface area contributed by atoms with E-state index in [0.717, 1.165) is 12.8 Å². The van der Waals surface area contributed by atoms with Gasteiger partial charge in [-0.1, -0.05) is 0 Å². The summed E-state index contributed by atoms with van der Waals surface area (Å²) >= 11 is 0. The number of carbonyl (C=O) groups excluding carboxylic acids is 2. The van der Waals surface area contributed by atoms with E-state index in [0.29, 0.717) is 22.8 Å². The van der Waals surface area contributed by atoms with Crippen molar-refractivity contribution in [3.63, 3.8) is 0 Å². The van der Waals surface area contributed by atoms with Crippen LogP contribution in [0.1, 0.15) is 28.8 Å². The van der Waals surface area contributed by atoms with Crippen molar-refractivity contribution >= 4 is 23.2 Å². The van der Waals surface area contributed by atoms with Gasteiger partial charge in [-0.25, -0.2) is 9.97 Å². The Labute approximate surface area is 150 Å². The highest BCUT2D eigenvalue weighted by atomic mass is 16.5. The van der Waals surface area contributed by atoms with Gasteiger partial charge in [0.15, 0.2) is 0 Å². The molecule has 0 bridgehead atoms. The molecule has 1 aliphatic rings. The molecule has 1 aliphatic carbocycles. The number of pyridine rings is 2. The number of anilines is 1. The normalized spacial score (nSPS) is 13.8. The maximum atomic E-state index is 12.5. The number of hydrogen-bond donors (Lipinski definition) is 3. The van der Waals surface area contributed by atoms with Crippen molar-refractivity contribution in [1.82, 2.24) is 15.3 Å². The van der Waals surface area contributed by atoms with Crippen LogP contribution in [-0.2, 0) is 4.79 Å². The van der Waals surface area contributed by atoms with E-state index in [1.807, 2.05) is 0 Å². The Bertz CT molecular complexity index is 844. The minimum atomic E-state index is -0.427. The quantitative estimate of drug-likeness (QED) is 0.674. The Morgan fingerprint density at radius 3 is 2.65 bits per heavy atom. The van der Waals surface area contributed by atoms with Gasteiger partial charge in [-0.05, 0) is 36.6 Å². The first-order chi connectivity index (χ1) is 12.6. The predicted octanol–water partition coefficient (Wildman–Crippen LogP) is 1.32. The van der Waals surface area contributed by atoms with Crippen molar-refractivity contribution < 1.29 is 14.3 Å². The van der Waals surface area contributed by atoms with Crippen LogP contribution in [0.4, 0.5) is 5.82 Å². The number of nitrogens with two attached hydrogens (primary N) is 1. The molecule has 0 aliphatic heterocycles. The molecular weight excluding hydrogens is 334 g/mol. The number of nitrogens with one attached hydrogen (secondary N) is 2. The van der Waals surface area contributed by atoms with Crippen molar-refractivity contribution in [1.29, 1.82) is 0 Å². The minimum absolute atomic E-state index is 0.163. The standard InChI is InChI=1S/C18H19N5O3/c1-26-16-8-11(6-7-20-16)14(9-19)18(25)23-15-5-2-12(10-21-15)17(24)22-13-3-4-13/h2,5-10,13H,3-4,19H2,1H3,(H,22,24)(H,21,23,25). The lowest BCUT2D eigenvalue weighted by molar-refractivity contribution is -0.111. The van der Waals surface area contributed by atoms with E-state index in [9.17, 15) is 9.59 Å². The first-order valence-electron chi connectivity index (χ1n) is 8.11. The zero-order chi connectivity index (χ0) is 18.5. The summed E-state index contributed by atoms with van der Waals surface area (Å²) in [6.07, 6.45) is 6.19. The van der Waals surface area contributed by atoms with Crippen molar-refractivity contribution in [3.05, 3.63) is 54.0 Å². The van der Waals surface area contributed by atoms with Crippen LogP contribution in [0.25, 0.3) is 5.57 Å². The van der Waals surface area contributed by atoms with Crippen LogP contribution in [0, 0.1) is 0 Å². The molecule has 4 N–H and O–H groups in total. The van der Waals surface area contributed by atoms with Crippen LogP contribution in [0.3, 0.4) is 0 Å². The summed E-state index contributed by atoms with van der Waals surface area (Å²) < 4.78 is 5.05. The van der Waals surface area contributed by atoms with E-state index < -0.39 is 5.91 Å². The fraction of sp³-hybridized carbons (Fsp3) is 0.222. The molecule has 1 fully saturated rings. The molecule has 8 heteroatoms. The van der Waals surface area contributed by atoms with Gasteiger partial charge in [0, 0.05) is 30.7 Å². The van der Waals surface area contributed by atoms with Gasteiger partial charge < -0.3 is 21.1 Å². The van der Waals surface area contributed by atoms with Crippen molar-refractivity contribution in [2.24, 2.45) is 5.73 Å². The van der Waals surface area contributed by atoms with Crippen LogP contribution >= 0.6 is 0 Å². The molecule has 1 saturated carbocycles. The number of aromatic nitrogens is 2. The average Bonchev–Trinajstić information content (AvgIpc) is 3.47. The summed E-state index contributed by atoms with van der Waals surface area (Å²) in [5, 5.41) is 5.54. The number of ether oxygens (including phenoxy) is 1. The lowest BCUT2D eigenvalue weighted by Crippen LogP contribution is -2.25. The second kappa shape index (κ2) is 7.64. The SMILES string of the molecule is COc1cc(C(=CN)C(=O)Nc2ccc(C(=O)NC3CC3)cn2)ccn1. The zero-order valence-corrected chi connectivity index (χ0v) is 14.2. The Morgan fingerprint density at radius 2 is 2.04 bits per heavy atom. The number of methoxy groups -OCH3 is 1.